The molecule has 7 heteroatoms. The van der Waals surface area contributed by atoms with Crippen molar-refractivity contribution in [3.05, 3.63) is 70.3 Å². The lowest BCUT2D eigenvalue weighted by Crippen LogP contribution is -2.29. The van der Waals surface area contributed by atoms with Crippen LogP contribution in [0.25, 0.3) is 16.6 Å². The van der Waals surface area contributed by atoms with Crippen molar-refractivity contribution in [3.8, 4) is 5.69 Å². The van der Waals surface area contributed by atoms with E-state index in [0.29, 0.717) is 34.5 Å². The summed E-state index contributed by atoms with van der Waals surface area (Å²) in [5, 5.41) is 3.27. The Balaban J connectivity index is 1.63. The van der Waals surface area contributed by atoms with Crippen molar-refractivity contribution < 1.29 is 14.3 Å². The molecule has 0 radical (unpaired) electrons. The number of carbonyl (C=O) groups excluding carboxylic acids is 2. The number of aromatic nitrogens is 2. The van der Waals surface area contributed by atoms with Gasteiger partial charge in [-0.2, -0.15) is 0 Å². The van der Waals surface area contributed by atoms with Crippen LogP contribution in [0.2, 0.25) is 0 Å². The first-order valence-electron chi connectivity index (χ1n) is 10.5. The Labute approximate surface area is 181 Å². The molecule has 31 heavy (non-hydrogen) atoms. The van der Waals surface area contributed by atoms with E-state index in [1.165, 1.54) is 4.57 Å². The highest BCUT2D eigenvalue weighted by atomic mass is 16.5. The van der Waals surface area contributed by atoms with E-state index >= 15 is 0 Å². The second-order valence-corrected chi connectivity index (χ2v) is 7.35. The predicted molar refractivity (Wildman–Crippen MR) is 120 cm³/mol. The number of nitrogens with one attached hydrogen (secondary N) is 1. The number of ether oxygens (including phenoxy) is 1. The Morgan fingerprint density at radius 3 is 2.52 bits per heavy atom. The molecule has 0 saturated carbocycles. The average Bonchev–Trinajstić information content (AvgIpc) is 2.78. The van der Waals surface area contributed by atoms with Crippen LogP contribution in [0.4, 0.5) is 0 Å². The zero-order chi connectivity index (χ0) is 22.2. The van der Waals surface area contributed by atoms with Gasteiger partial charge in [-0.25, -0.2) is 9.78 Å². The van der Waals surface area contributed by atoms with Crippen molar-refractivity contribution in [3.63, 3.8) is 0 Å². The standard InChI is InChI=1S/C24H27N3O4/c1-3-4-5-8-15-25-22(28)16-31-24(30)18-11-13-19(14-12-18)27-17(2)26-21-10-7-6-9-20(21)23(27)29/h6-7,9-14H,3-5,8,15-16H2,1-2H3,(H,25,28). The van der Waals surface area contributed by atoms with Crippen molar-refractivity contribution in [1.82, 2.24) is 14.9 Å². The Hall–Kier alpha value is -3.48. The largest absolute Gasteiger partial charge is 0.452 e. The van der Waals surface area contributed by atoms with E-state index in [0.717, 1.165) is 25.7 Å². The summed E-state index contributed by atoms with van der Waals surface area (Å²) >= 11 is 0. The number of esters is 1. The fraction of sp³-hybridized carbons (Fsp3) is 0.333. The number of hydrogen-bond acceptors (Lipinski definition) is 5. The van der Waals surface area contributed by atoms with Gasteiger partial charge in [-0.1, -0.05) is 38.3 Å². The number of benzene rings is 2. The molecule has 0 fully saturated rings. The van der Waals surface area contributed by atoms with Gasteiger partial charge in [-0.3, -0.25) is 14.2 Å². The molecular weight excluding hydrogens is 394 g/mol. The summed E-state index contributed by atoms with van der Waals surface area (Å²) in [5.41, 5.74) is 1.38. The molecular formula is C24H27N3O4. The van der Waals surface area contributed by atoms with Gasteiger partial charge in [-0.05, 0) is 49.7 Å². The molecule has 162 valence electrons. The maximum absolute atomic E-state index is 12.9. The first-order chi connectivity index (χ1) is 15.0. The van der Waals surface area contributed by atoms with Crippen molar-refractivity contribution >= 4 is 22.8 Å². The van der Waals surface area contributed by atoms with Crippen molar-refractivity contribution in [2.75, 3.05) is 13.2 Å². The normalized spacial score (nSPS) is 10.8. The molecule has 1 N–H and O–H groups in total. The van der Waals surface area contributed by atoms with Gasteiger partial charge in [0.1, 0.15) is 5.82 Å². The Kier molecular flexibility index (Phi) is 7.54. The zero-order valence-electron chi connectivity index (χ0n) is 17.9. The summed E-state index contributed by atoms with van der Waals surface area (Å²) in [7, 11) is 0. The molecule has 3 rings (SSSR count). The second kappa shape index (κ2) is 10.5. The van der Waals surface area contributed by atoms with Crippen LogP contribution < -0.4 is 10.9 Å². The van der Waals surface area contributed by atoms with Gasteiger partial charge in [0.05, 0.1) is 22.2 Å². The van der Waals surface area contributed by atoms with E-state index in [1.54, 1.807) is 49.4 Å². The molecule has 0 aliphatic carbocycles. The number of para-hydroxylation sites is 1. The Morgan fingerprint density at radius 2 is 1.77 bits per heavy atom. The van der Waals surface area contributed by atoms with Gasteiger partial charge < -0.3 is 10.1 Å². The monoisotopic (exact) mass is 421 g/mol. The van der Waals surface area contributed by atoms with Crippen LogP contribution in [0.3, 0.4) is 0 Å². The van der Waals surface area contributed by atoms with Crippen LogP contribution in [0.5, 0.6) is 0 Å². The summed E-state index contributed by atoms with van der Waals surface area (Å²) in [5.74, 6) is -0.353. The van der Waals surface area contributed by atoms with Crippen molar-refractivity contribution in [2.45, 2.75) is 39.5 Å². The highest BCUT2D eigenvalue weighted by Gasteiger charge is 2.13. The Bertz CT molecular complexity index is 1120. The predicted octanol–water partition coefficient (Wildman–Crippen LogP) is 3.55. The number of fused-ring (bicyclic) bond motifs is 1. The topological polar surface area (TPSA) is 90.3 Å². The lowest BCUT2D eigenvalue weighted by molar-refractivity contribution is -0.124. The number of rotatable bonds is 9. The van der Waals surface area contributed by atoms with Gasteiger partial charge in [0, 0.05) is 6.54 Å². The first kappa shape index (κ1) is 22.2. The summed E-state index contributed by atoms with van der Waals surface area (Å²) < 4.78 is 6.59. The molecule has 1 aromatic heterocycles. The molecule has 0 spiro atoms. The maximum Gasteiger partial charge on any atom is 0.338 e. The van der Waals surface area contributed by atoms with Gasteiger partial charge in [0.25, 0.3) is 11.5 Å². The lowest BCUT2D eigenvalue weighted by Gasteiger charge is -2.11. The average molecular weight is 421 g/mol. The van der Waals surface area contributed by atoms with E-state index < -0.39 is 5.97 Å². The summed E-state index contributed by atoms with van der Waals surface area (Å²) in [6, 6.07) is 13.6. The second-order valence-electron chi connectivity index (χ2n) is 7.35. The molecule has 0 bridgehead atoms. The molecule has 2 aromatic carbocycles. The molecule has 0 saturated heterocycles. The smallest absolute Gasteiger partial charge is 0.338 e. The van der Waals surface area contributed by atoms with E-state index in [-0.39, 0.29) is 18.1 Å². The molecule has 3 aromatic rings. The van der Waals surface area contributed by atoms with Crippen LogP contribution in [-0.2, 0) is 9.53 Å². The number of unbranched alkanes of at least 4 members (excludes halogenated alkanes) is 3. The van der Waals surface area contributed by atoms with E-state index in [9.17, 15) is 14.4 Å². The Morgan fingerprint density at radius 1 is 1.03 bits per heavy atom. The van der Waals surface area contributed by atoms with E-state index in [2.05, 4.69) is 17.2 Å². The third-order valence-corrected chi connectivity index (χ3v) is 4.99. The minimum absolute atomic E-state index is 0.172. The number of amides is 1. The summed E-state index contributed by atoms with van der Waals surface area (Å²) in [6.07, 6.45) is 4.26. The summed E-state index contributed by atoms with van der Waals surface area (Å²) in [4.78, 5) is 41.4. The molecule has 1 heterocycles. The zero-order valence-corrected chi connectivity index (χ0v) is 17.9. The van der Waals surface area contributed by atoms with Crippen LogP contribution >= 0.6 is 0 Å². The highest BCUT2D eigenvalue weighted by molar-refractivity contribution is 5.91. The molecule has 0 unspecified atom stereocenters. The highest BCUT2D eigenvalue weighted by Crippen LogP contribution is 2.14. The SMILES string of the molecule is CCCCCCNC(=O)COC(=O)c1ccc(-n2c(C)nc3ccccc3c2=O)cc1. The van der Waals surface area contributed by atoms with Gasteiger partial charge >= 0.3 is 5.97 Å². The molecule has 0 aliphatic rings. The first-order valence-corrected chi connectivity index (χ1v) is 10.5. The lowest BCUT2D eigenvalue weighted by atomic mass is 10.2. The van der Waals surface area contributed by atoms with E-state index in [1.807, 2.05) is 6.07 Å². The minimum atomic E-state index is -0.589. The molecule has 0 atom stereocenters. The molecule has 0 aliphatic heterocycles. The van der Waals surface area contributed by atoms with Gasteiger partial charge in [-0.15, -0.1) is 0 Å². The van der Waals surface area contributed by atoms with Crippen LogP contribution in [0.1, 0.15) is 48.8 Å². The number of nitrogens with zero attached hydrogens (tertiary/aromatic N) is 2. The quantitative estimate of drug-likeness (QED) is 0.422. The fourth-order valence-corrected chi connectivity index (χ4v) is 3.34. The van der Waals surface area contributed by atoms with E-state index in [4.69, 9.17) is 4.74 Å². The number of carbonyl (C=O) groups is 2. The molecule has 7 nitrogen and oxygen atoms in total. The minimum Gasteiger partial charge on any atom is -0.452 e. The maximum atomic E-state index is 12.9. The van der Waals surface area contributed by atoms with Crippen LogP contribution in [-0.4, -0.2) is 34.6 Å². The fourth-order valence-electron chi connectivity index (χ4n) is 3.34. The van der Waals surface area contributed by atoms with Crippen molar-refractivity contribution in [1.29, 1.82) is 0 Å². The van der Waals surface area contributed by atoms with Crippen molar-refractivity contribution in [2.24, 2.45) is 0 Å². The number of hydrogen-bond donors (Lipinski definition) is 1. The van der Waals surface area contributed by atoms with Crippen LogP contribution in [0, 0.1) is 6.92 Å². The molecule has 1 amide bonds. The summed E-state index contributed by atoms with van der Waals surface area (Å²) in [6.45, 7) is 4.15. The third-order valence-electron chi connectivity index (χ3n) is 4.99. The van der Waals surface area contributed by atoms with Crippen LogP contribution in [0.15, 0.2) is 53.3 Å². The van der Waals surface area contributed by atoms with Gasteiger partial charge in [0.15, 0.2) is 6.61 Å². The number of aryl methyl sites for hydroxylation is 1. The third kappa shape index (κ3) is 5.57. The van der Waals surface area contributed by atoms with Gasteiger partial charge in [0.2, 0.25) is 0 Å².